The molecule has 0 aromatic heterocycles. The molecule has 0 aromatic carbocycles. The van der Waals surface area contributed by atoms with Crippen molar-refractivity contribution < 1.29 is 14.7 Å². The molecule has 21 heavy (non-hydrogen) atoms. The van der Waals surface area contributed by atoms with Gasteiger partial charge in [-0.2, -0.15) is 0 Å². The Balaban J connectivity index is 1.67. The second-order valence-corrected chi connectivity index (χ2v) is 8.66. The van der Waals surface area contributed by atoms with Crippen LogP contribution in [0.5, 0.6) is 0 Å². The lowest BCUT2D eigenvalue weighted by molar-refractivity contribution is -0.170. The van der Waals surface area contributed by atoms with Crippen LogP contribution in [0.15, 0.2) is 0 Å². The molecule has 4 fully saturated rings. The van der Waals surface area contributed by atoms with Crippen molar-refractivity contribution in [3.8, 4) is 0 Å². The molecule has 4 bridgehead atoms. The summed E-state index contributed by atoms with van der Waals surface area (Å²) in [6, 6.07) is 0. The second kappa shape index (κ2) is 4.72. The quantitative estimate of drug-likeness (QED) is 0.766. The number of carboxylic acids is 1. The fourth-order valence-electron chi connectivity index (χ4n) is 6.33. The molecular formula is C17H27NO3. The molecule has 118 valence electrons. The maximum absolute atomic E-state index is 12.8. The topological polar surface area (TPSA) is 66.4 Å². The number of aliphatic carboxylic acids is 1. The van der Waals surface area contributed by atoms with Crippen LogP contribution < -0.4 is 5.32 Å². The Morgan fingerprint density at radius 3 is 2.24 bits per heavy atom. The molecule has 2 N–H and O–H groups in total. The van der Waals surface area contributed by atoms with Crippen LogP contribution in [0.2, 0.25) is 0 Å². The van der Waals surface area contributed by atoms with Gasteiger partial charge in [0.2, 0.25) is 5.91 Å². The van der Waals surface area contributed by atoms with Crippen LogP contribution in [0.25, 0.3) is 0 Å². The van der Waals surface area contributed by atoms with E-state index in [-0.39, 0.29) is 17.7 Å². The van der Waals surface area contributed by atoms with Crippen molar-refractivity contribution in [2.75, 3.05) is 6.54 Å². The van der Waals surface area contributed by atoms with Gasteiger partial charge in [-0.25, -0.2) is 0 Å². The SMILES string of the molecule is CC12CC3CC(C)(C1)CC(C(=O)NCCCC(=O)O)(C3)C2. The highest BCUT2D eigenvalue weighted by atomic mass is 16.4. The summed E-state index contributed by atoms with van der Waals surface area (Å²) in [5.41, 5.74) is 0.505. The van der Waals surface area contributed by atoms with Crippen molar-refractivity contribution in [3.05, 3.63) is 0 Å². The Kier molecular flexibility index (Phi) is 3.34. The molecule has 0 heterocycles. The van der Waals surface area contributed by atoms with Gasteiger partial charge in [0, 0.05) is 13.0 Å². The third-order valence-corrected chi connectivity index (χ3v) is 5.96. The number of rotatable bonds is 5. The van der Waals surface area contributed by atoms with Gasteiger partial charge in [0.1, 0.15) is 0 Å². The Morgan fingerprint density at radius 1 is 1.10 bits per heavy atom. The first-order valence-corrected chi connectivity index (χ1v) is 8.25. The van der Waals surface area contributed by atoms with Gasteiger partial charge < -0.3 is 10.4 Å². The smallest absolute Gasteiger partial charge is 0.303 e. The third-order valence-electron chi connectivity index (χ3n) is 5.96. The normalized spacial score (nSPS) is 43.8. The summed E-state index contributed by atoms with van der Waals surface area (Å²) in [4.78, 5) is 23.3. The van der Waals surface area contributed by atoms with Crippen molar-refractivity contribution in [2.45, 2.75) is 65.2 Å². The molecule has 0 spiro atoms. The molecule has 4 rings (SSSR count). The van der Waals surface area contributed by atoms with Crippen LogP contribution >= 0.6 is 0 Å². The lowest BCUT2D eigenvalue weighted by Gasteiger charge is -2.64. The average Bonchev–Trinajstić information content (AvgIpc) is 2.29. The van der Waals surface area contributed by atoms with Crippen LogP contribution in [0, 0.1) is 22.2 Å². The van der Waals surface area contributed by atoms with E-state index >= 15 is 0 Å². The minimum absolute atomic E-state index is 0.130. The van der Waals surface area contributed by atoms with E-state index in [1.807, 2.05) is 0 Å². The summed E-state index contributed by atoms with van der Waals surface area (Å²) in [6.45, 7) is 5.22. The lowest BCUT2D eigenvalue weighted by Crippen LogP contribution is -2.59. The van der Waals surface area contributed by atoms with Crippen molar-refractivity contribution >= 4 is 11.9 Å². The average molecular weight is 293 g/mol. The summed E-state index contributed by atoms with van der Waals surface area (Å²) in [5, 5.41) is 11.7. The van der Waals surface area contributed by atoms with Crippen molar-refractivity contribution in [2.24, 2.45) is 22.2 Å². The van der Waals surface area contributed by atoms with Gasteiger partial charge in [0.25, 0.3) is 0 Å². The zero-order valence-electron chi connectivity index (χ0n) is 13.2. The molecule has 4 heteroatoms. The van der Waals surface area contributed by atoms with Crippen LogP contribution in [-0.2, 0) is 9.59 Å². The Bertz CT molecular complexity index is 455. The van der Waals surface area contributed by atoms with Gasteiger partial charge in [-0.15, -0.1) is 0 Å². The molecule has 0 saturated heterocycles. The number of carboxylic acid groups (broad SMARTS) is 1. The van der Waals surface area contributed by atoms with Crippen molar-refractivity contribution in [1.82, 2.24) is 5.32 Å². The van der Waals surface area contributed by atoms with Gasteiger partial charge in [-0.3, -0.25) is 9.59 Å². The van der Waals surface area contributed by atoms with E-state index in [4.69, 9.17) is 5.11 Å². The standard InChI is InChI=1S/C17H27NO3/c1-15-6-12-7-16(2,9-15)11-17(8-12,10-15)14(21)18-5-3-4-13(19)20/h12H,3-11H2,1-2H3,(H,18,21)(H,19,20). The van der Waals surface area contributed by atoms with Gasteiger partial charge in [0.15, 0.2) is 0 Å². The fraction of sp³-hybridized carbons (Fsp3) is 0.882. The van der Waals surface area contributed by atoms with E-state index in [0.717, 1.165) is 19.3 Å². The first-order valence-electron chi connectivity index (χ1n) is 8.25. The number of amides is 1. The number of nitrogens with one attached hydrogen (secondary N) is 1. The van der Waals surface area contributed by atoms with Gasteiger partial charge in [-0.05, 0) is 61.7 Å². The van der Waals surface area contributed by atoms with E-state index < -0.39 is 5.97 Å². The van der Waals surface area contributed by atoms with E-state index in [9.17, 15) is 9.59 Å². The van der Waals surface area contributed by atoms with Crippen LogP contribution in [0.3, 0.4) is 0 Å². The summed E-state index contributed by atoms with van der Waals surface area (Å²) in [5.74, 6) is 0.106. The summed E-state index contributed by atoms with van der Waals surface area (Å²) in [6.07, 6.45) is 7.59. The van der Waals surface area contributed by atoms with Crippen LogP contribution in [0.1, 0.15) is 65.2 Å². The lowest BCUT2D eigenvalue weighted by atomic mass is 9.40. The predicted octanol–water partition coefficient (Wildman–Crippen LogP) is 2.96. The van der Waals surface area contributed by atoms with Gasteiger partial charge in [-0.1, -0.05) is 13.8 Å². The zero-order valence-corrected chi connectivity index (χ0v) is 13.2. The monoisotopic (exact) mass is 293 g/mol. The van der Waals surface area contributed by atoms with E-state index in [1.165, 1.54) is 19.3 Å². The molecule has 4 saturated carbocycles. The number of carbonyl (C=O) groups is 2. The van der Waals surface area contributed by atoms with Crippen molar-refractivity contribution in [1.29, 1.82) is 0 Å². The minimum atomic E-state index is -0.793. The molecule has 0 radical (unpaired) electrons. The molecule has 4 aliphatic carbocycles. The molecule has 0 aromatic rings. The molecule has 0 aliphatic heterocycles. The molecule has 4 nitrogen and oxygen atoms in total. The maximum atomic E-state index is 12.8. The number of hydrogen-bond acceptors (Lipinski definition) is 2. The Morgan fingerprint density at radius 2 is 1.71 bits per heavy atom. The van der Waals surface area contributed by atoms with E-state index in [2.05, 4.69) is 19.2 Å². The van der Waals surface area contributed by atoms with Gasteiger partial charge in [0.05, 0.1) is 5.41 Å². The van der Waals surface area contributed by atoms with Crippen molar-refractivity contribution in [3.63, 3.8) is 0 Å². The molecule has 2 unspecified atom stereocenters. The van der Waals surface area contributed by atoms with E-state index in [1.54, 1.807) is 0 Å². The van der Waals surface area contributed by atoms with Gasteiger partial charge >= 0.3 is 5.97 Å². The highest BCUT2D eigenvalue weighted by Gasteiger charge is 2.62. The van der Waals surface area contributed by atoms with Crippen LogP contribution in [-0.4, -0.2) is 23.5 Å². The summed E-state index contributed by atoms with van der Waals surface area (Å²) < 4.78 is 0. The highest BCUT2D eigenvalue weighted by molar-refractivity contribution is 5.83. The molecular weight excluding hydrogens is 266 g/mol. The van der Waals surface area contributed by atoms with Crippen LogP contribution in [0.4, 0.5) is 0 Å². The highest BCUT2D eigenvalue weighted by Crippen LogP contribution is 2.69. The summed E-state index contributed by atoms with van der Waals surface area (Å²) >= 11 is 0. The largest absolute Gasteiger partial charge is 0.481 e. The maximum Gasteiger partial charge on any atom is 0.303 e. The Hall–Kier alpha value is -1.06. The summed E-state index contributed by atoms with van der Waals surface area (Å²) in [7, 11) is 0. The first-order chi connectivity index (χ1) is 9.74. The Labute approximate surface area is 126 Å². The predicted molar refractivity (Wildman–Crippen MR) is 79.7 cm³/mol. The fourth-order valence-corrected chi connectivity index (χ4v) is 6.33. The third kappa shape index (κ3) is 2.69. The second-order valence-electron chi connectivity index (χ2n) is 8.66. The number of carbonyl (C=O) groups excluding carboxylic acids is 1. The molecule has 1 amide bonds. The van der Waals surface area contributed by atoms with E-state index in [0.29, 0.717) is 29.7 Å². The molecule has 2 atom stereocenters. The number of hydrogen-bond donors (Lipinski definition) is 2. The first kappa shape index (κ1) is 14.9. The zero-order chi connectivity index (χ0) is 15.3. The molecule has 4 aliphatic rings. The minimum Gasteiger partial charge on any atom is -0.481 e.